The van der Waals surface area contributed by atoms with Gasteiger partial charge in [0.25, 0.3) is 5.91 Å². The Hall–Kier alpha value is -4.08. The Balaban J connectivity index is 1.33. The number of benzene rings is 3. The van der Waals surface area contributed by atoms with Crippen LogP contribution in [0.1, 0.15) is 26.3 Å². The van der Waals surface area contributed by atoms with Crippen LogP contribution in [0.2, 0.25) is 5.02 Å². The molecule has 2 heterocycles. The summed E-state index contributed by atoms with van der Waals surface area (Å²) < 4.78 is 11.7. The minimum atomic E-state index is -0.115. The Kier molecular flexibility index (Phi) is 9.29. The number of para-hydroxylation sites is 2. The van der Waals surface area contributed by atoms with Gasteiger partial charge >= 0.3 is 0 Å². The molecule has 2 aliphatic rings. The van der Waals surface area contributed by atoms with Crippen LogP contribution in [0.15, 0.2) is 71.7 Å². The van der Waals surface area contributed by atoms with E-state index in [1.54, 1.807) is 24.3 Å². The molecule has 0 saturated carbocycles. The SMILES string of the molecule is CCOc1ccccc1N1Cc2cc(NC(C)=O)ccc2N=C1C(C)N1CCN(C(=O)COc2ccc(Cl)cc2)CC1. The van der Waals surface area contributed by atoms with Crippen molar-refractivity contribution in [1.29, 1.82) is 0 Å². The molecule has 2 amide bonds. The Labute approximate surface area is 251 Å². The highest BCUT2D eigenvalue weighted by Gasteiger charge is 2.33. The molecule has 3 aromatic rings. The fourth-order valence-corrected chi connectivity index (χ4v) is 5.44. The van der Waals surface area contributed by atoms with Crippen molar-refractivity contribution in [3.63, 3.8) is 0 Å². The molecule has 2 aliphatic heterocycles. The monoisotopic (exact) mass is 589 g/mol. The van der Waals surface area contributed by atoms with Crippen LogP contribution in [-0.2, 0) is 16.1 Å². The molecule has 3 aromatic carbocycles. The number of hydrogen-bond acceptors (Lipinski definition) is 7. The number of anilines is 2. The zero-order valence-corrected chi connectivity index (χ0v) is 24.9. The van der Waals surface area contributed by atoms with E-state index in [0.717, 1.165) is 34.2 Å². The molecule has 1 unspecified atom stereocenters. The van der Waals surface area contributed by atoms with Gasteiger partial charge in [-0.2, -0.15) is 0 Å². The zero-order valence-electron chi connectivity index (χ0n) is 24.2. The normalized spacial score (nSPS) is 15.9. The molecule has 10 heteroatoms. The second kappa shape index (κ2) is 13.3. The number of hydrogen-bond donors (Lipinski definition) is 1. The highest BCUT2D eigenvalue weighted by molar-refractivity contribution is 6.30. The topological polar surface area (TPSA) is 86.7 Å². The van der Waals surface area contributed by atoms with Crippen LogP contribution < -0.4 is 19.7 Å². The maximum absolute atomic E-state index is 12.9. The maximum Gasteiger partial charge on any atom is 0.260 e. The van der Waals surface area contributed by atoms with Crippen LogP contribution in [0.4, 0.5) is 17.1 Å². The summed E-state index contributed by atoms with van der Waals surface area (Å²) in [7, 11) is 0. The number of nitrogens with zero attached hydrogens (tertiary/aromatic N) is 4. The molecule has 220 valence electrons. The average molecular weight is 590 g/mol. The Morgan fingerprint density at radius 2 is 1.74 bits per heavy atom. The molecule has 5 rings (SSSR count). The van der Waals surface area contributed by atoms with Gasteiger partial charge in [-0.1, -0.05) is 23.7 Å². The first-order chi connectivity index (χ1) is 20.3. The molecule has 1 saturated heterocycles. The predicted molar refractivity (Wildman–Crippen MR) is 166 cm³/mol. The first-order valence-electron chi connectivity index (χ1n) is 14.2. The van der Waals surface area contributed by atoms with Gasteiger partial charge in [0, 0.05) is 43.8 Å². The van der Waals surface area contributed by atoms with Gasteiger partial charge in [0.2, 0.25) is 5.91 Å². The van der Waals surface area contributed by atoms with E-state index in [9.17, 15) is 9.59 Å². The summed E-state index contributed by atoms with van der Waals surface area (Å²) in [5, 5.41) is 3.50. The van der Waals surface area contributed by atoms with Crippen LogP contribution in [0.25, 0.3) is 0 Å². The third kappa shape index (κ3) is 6.86. The zero-order chi connectivity index (χ0) is 29.6. The lowest BCUT2D eigenvalue weighted by molar-refractivity contribution is -0.135. The standard InChI is InChI=1S/C32H36ClN5O4/c1-4-41-30-8-6-5-7-29(30)38-20-24-19-26(34-23(3)39)11-14-28(24)35-32(38)22(2)36-15-17-37(18-16-36)31(40)21-42-27-12-9-25(33)10-13-27/h5-14,19,22H,4,15-18,20-21H2,1-3H3,(H,34,39). The van der Waals surface area contributed by atoms with Crippen LogP contribution in [0.5, 0.6) is 11.5 Å². The van der Waals surface area contributed by atoms with E-state index in [0.29, 0.717) is 50.1 Å². The number of fused-ring (bicyclic) bond motifs is 1. The second-order valence-electron chi connectivity index (χ2n) is 10.3. The fraction of sp³-hybridized carbons (Fsp3) is 0.344. The summed E-state index contributed by atoms with van der Waals surface area (Å²) in [6.07, 6.45) is 0. The number of aliphatic imine (C=N–C) groups is 1. The Bertz CT molecular complexity index is 1450. The number of amides is 2. The van der Waals surface area contributed by atoms with E-state index >= 15 is 0 Å². The highest BCUT2D eigenvalue weighted by Crippen LogP contribution is 2.37. The van der Waals surface area contributed by atoms with Gasteiger partial charge < -0.3 is 24.6 Å². The number of piperazine rings is 1. The summed E-state index contributed by atoms with van der Waals surface area (Å²) in [5.74, 6) is 2.16. The third-order valence-electron chi connectivity index (χ3n) is 7.46. The number of carbonyl (C=O) groups excluding carboxylic acids is 2. The lowest BCUT2D eigenvalue weighted by Gasteiger charge is -2.42. The number of nitrogens with one attached hydrogen (secondary N) is 1. The van der Waals surface area contributed by atoms with Gasteiger partial charge in [-0.25, -0.2) is 4.99 Å². The summed E-state index contributed by atoms with van der Waals surface area (Å²) in [6.45, 7) is 9.38. The minimum absolute atomic E-state index is 0.0108. The number of halogens is 1. The van der Waals surface area contributed by atoms with E-state index in [-0.39, 0.29) is 24.5 Å². The van der Waals surface area contributed by atoms with Crippen molar-refractivity contribution in [3.05, 3.63) is 77.3 Å². The largest absolute Gasteiger partial charge is 0.492 e. The molecular formula is C32H36ClN5O4. The van der Waals surface area contributed by atoms with Crippen molar-refractivity contribution in [3.8, 4) is 11.5 Å². The molecule has 1 atom stereocenters. The molecule has 0 aromatic heterocycles. The third-order valence-corrected chi connectivity index (χ3v) is 7.71. The summed E-state index contributed by atoms with van der Waals surface area (Å²) >= 11 is 5.94. The van der Waals surface area contributed by atoms with Gasteiger partial charge in [-0.3, -0.25) is 14.5 Å². The van der Waals surface area contributed by atoms with Gasteiger partial charge in [-0.05, 0) is 74.0 Å². The van der Waals surface area contributed by atoms with Crippen LogP contribution in [-0.4, -0.2) is 72.9 Å². The van der Waals surface area contributed by atoms with Crippen molar-refractivity contribution in [2.75, 3.05) is 49.6 Å². The smallest absolute Gasteiger partial charge is 0.260 e. The van der Waals surface area contributed by atoms with Crippen LogP contribution in [0.3, 0.4) is 0 Å². The molecule has 1 N–H and O–H groups in total. The van der Waals surface area contributed by atoms with Crippen LogP contribution in [0, 0.1) is 0 Å². The van der Waals surface area contributed by atoms with E-state index < -0.39 is 0 Å². The number of rotatable bonds is 9. The molecule has 0 bridgehead atoms. The van der Waals surface area contributed by atoms with E-state index in [2.05, 4.69) is 22.0 Å². The second-order valence-corrected chi connectivity index (χ2v) is 10.8. The minimum Gasteiger partial charge on any atom is -0.492 e. The van der Waals surface area contributed by atoms with E-state index in [1.165, 1.54) is 6.92 Å². The number of ether oxygens (including phenoxy) is 2. The molecule has 9 nitrogen and oxygen atoms in total. The van der Waals surface area contributed by atoms with Crippen LogP contribution >= 0.6 is 11.6 Å². The summed E-state index contributed by atoms with van der Waals surface area (Å²) in [4.78, 5) is 36.1. The highest BCUT2D eigenvalue weighted by atomic mass is 35.5. The molecular weight excluding hydrogens is 554 g/mol. The van der Waals surface area contributed by atoms with Gasteiger partial charge in [0.05, 0.1) is 30.6 Å². The molecule has 0 spiro atoms. The Morgan fingerprint density at radius 3 is 2.45 bits per heavy atom. The first kappa shape index (κ1) is 29.4. The molecule has 1 fully saturated rings. The Morgan fingerprint density at radius 1 is 1.00 bits per heavy atom. The van der Waals surface area contributed by atoms with Gasteiger partial charge in [0.15, 0.2) is 6.61 Å². The number of amidine groups is 1. The molecule has 0 radical (unpaired) electrons. The van der Waals surface area contributed by atoms with Crippen molar-refractivity contribution >= 4 is 46.3 Å². The fourth-order valence-electron chi connectivity index (χ4n) is 5.31. The lowest BCUT2D eigenvalue weighted by Crippen LogP contribution is -2.56. The van der Waals surface area contributed by atoms with Crippen molar-refractivity contribution in [2.45, 2.75) is 33.4 Å². The molecule has 0 aliphatic carbocycles. The van der Waals surface area contributed by atoms with Gasteiger partial charge in [0.1, 0.15) is 17.3 Å². The lowest BCUT2D eigenvalue weighted by atomic mass is 10.0. The first-order valence-corrected chi connectivity index (χ1v) is 14.6. The molecule has 42 heavy (non-hydrogen) atoms. The quantitative estimate of drug-likeness (QED) is 0.362. The van der Waals surface area contributed by atoms with Crippen molar-refractivity contribution in [1.82, 2.24) is 9.80 Å². The average Bonchev–Trinajstić information content (AvgIpc) is 3.00. The van der Waals surface area contributed by atoms with E-state index in [4.69, 9.17) is 26.1 Å². The number of carbonyl (C=O) groups is 2. The summed E-state index contributed by atoms with van der Waals surface area (Å²) in [6, 6.07) is 20.8. The van der Waals surface area contributed by atoms with Crippen molar-refractivity contribution in [2.24, 2.45) is 4.99 Å². The maximum atomic E-state index is 12.9. The van der Waals surface area contributed by atoms with Gasteiger partial charge in [-0.15, -0.1) is 0 Å². The summed E-state index contributed by atoms with van der Waals surface area (Å²) in [5.41, 5.74) is 3.57. The van der Waals surface area contributed by atoms with E-state index in [1.807, 2.05) is 54.3 Å². The van der Waals surface area contributed by atoms with Crippen molar-refractivity contribution < 1.29 is 19.1 Å². The predicted octanol–water partition coefficient (Wildman–Crippen LogP) is 5.36.